The molecule has 4 nitrogen and oxygen atoms in total. The topological polar surface area (TPSA) is 39.5 Å². The first kappa shape index (κ1) is 15.8. The van der Waals surface area contributed by atoms with Crippen LogP contribution in [0.1, 0.15) is 46.5 Å². The molecule has 2 fully saturated rings. The molecular formula is C16H29N3O. The second-order valence-corrected chi connectivity index (χ2v) is 6.81. The Kier molecular flexibility index (Phi) is 5.42. The lowest BCUT2D eigenvalue weighted by atomic mass is 10.1. The number of rotatable bonds is 5. The second kappa shape index (κ2) is 6.89. The van der Waals surface area contributed by atoms with Gasteiger partial charge in [0.15, 0.2) is 0 Å². The lowest BCUT2D eigenvalue weighted by Crippen LogP contribution is -2.51. The number of piperazine rings is 1. The Bertz CT molecular complexity index is 342. The average molecular weight is 279 g/mol. The number of hydrogen-bond donors (Lipinski definition) is 0. The fourth-order valence-corrected chi connectivity index (χ4v) is 3.35. The molecule has 2 unspecified atom stereocenters. The third kappa shape index (κ3) is 4.18. The molecule has 20 heavy (non-hydrogen) atoms. The molecule has 0 amide bonds. The van der Waals surface area contributed by atoms with E-state index >= 15 is 0 Å². The van der Waals surface area contributed by atoms with Crippen LogP contribution in [0.2, 0.25) is 0 Å². The summed E-state index contributed by atoms with van der Waals surface area (Å²) in [6.45, 7) is 11.8. The predicted octanol–water partition coefficient (Wildman–Crippen LogP) is 2.25. The zero-order valence-electron chi connectivity index (χ0n) is 13.3. The highest BCUT2D eigenvalue weighted by molar-refractivity contribution is 4.93. The van der Waals surface area contributed by atoms with Gasteiger partial charge < -0.3 is 4.74 Å². The SMILES string of the molecule is CCCC(C#N)N1CCN(CC2CCC(C)(C)O2)CC1. The van der Waals surface area contributed by atoms with E-state index in [1.54, 1.807) is 0 Å². The van der Waals surface area contributed by atoms with Gasteiger partial charge in [-0.3, -0.25) is 9.80 Å². The van der Waals surface area contributed by atoms with Gasteiger partial charge in [0.2, 0.25) is 0 Å². The summed E-state index contributed by atoms with van der Waals surface area (Å²) in [6.07, 6.45) is 4.84. The minimum Gasteiger partial charge on any atom is -0.371 e. The van der Waals surface area contributed by atoms with Gasteiger partial charge in [-0.25, -0.2) is 0 Å². The van der Waals surface area contributed by atoms with Crippen molar-refractivity contribution in [1.82, 2.24) is 9.80 Å². The van der Waals surface area contributed by atoms with Gasteiger partial charge in [-0.15, -0.1) is 0 Å². The van der Waals surface area contributed by atoms with Crippen molar-refractivity contribution in [3.05, 3.63) is 0 Å². The molecule has 0 radical (unpaired) electrons. The van der Waals surface area contributed by atoms with E-state index < -0.39 is 0 Å². The van der Waals surface area contributed by atoms with Crippen molar-refractivity contribution in [3.8, 4) is 6.07 Å². The van der Waals surface area contributed by atoms with Gasteiger partial charge in [0.1, 0.15) is 0 Å². The van der Waals surface area contributed by atoms with E-state index in [0.717, 1.165) is 45.6 Å². The summed E-state index contributed by atoms with van der Waals surface area (Å²) in [5.41, 5.74) is 0.0690. The summed E-state index contributed by atoms with van der Waals surface area (Å²) >= 11 is 0. The van der Waals surface area contributed by atoms with Crippen LogP contribution < -0.4 is 0 Å². The van der Waals surface area contributed by atoms with E-state index in [-0.39, 0.29) is 11.6 Å². The highest BCUT2D eigenvalue weighted by Gasteiger charge is 2.33. The van der Waals surface area contributed by atoms with Crippen LogP contribution in [-0.4, -0.2) is 60.3 Å². The summed E-state index contributed by atoms with van der Waals surface area (Å²) < 4.78 is 6.08. The highest BCUT2D eigenvalue weighted by atomic mass is 16.5. The molecule has 2 saturated heterocycles. The first-order chi connectivity index (χ1) is 9.54. The first-order valence-corrected chi connectivity index (χ1v) is 8.08. The molecule has 0 aromatic heterocycles. The third-order valence-electron chi connectivity index (χ3n) is 4.57. The molecule has 0 bridgehead atoms. The molecule has 114 valence electrons. The minimum absolute atomic E-state index is 0.0690. The molecule has 0 aromatic carbocycles. The summed E-state index contributed by atoms with van der Waals surface area (Å²) in [7, 11) is 0. The van der Waals surface area contributed by atoms with Crippen LogP contribution in [0.5, 0.6) is 0 Å². The normalized spacial score (nSPS) is 29.2. The van der Waals surface area contributed by atoms with E-state index in [1.807, 2.05) is 0 Å². The van der Waals surface area contributed by atoms with Crippen molar-refractivity contribution >= 4 is 0 Å². The van der Waals surface area contributed by atoms with Gasteiger partial charge in [0.25, 0.3) is 0 Å². The van der Waals surface area contributed by atoms with Crippen molar-refractivity contribution in [1.29, 1.82) is 5.26 Å². The molecule has 4 heteroatoms. The van der Waals surface area contributed by atoms with Gasteiger partial charge in [-0.2, -0.15) is 5.26 Å². The lowest BCUT2D eigenvalue weighted by molar-refractivity contribution is -0.0344. The molecular weight excluding hydrogens is 250 g/mol. The van der Waals surface area contributed by atoms with Crippen LogP contribution >= 0.6 is 0 Å². The van der Waals surface area contributed by atoms with Crippen LogP contribution in [0.3, 0.4) is 0 Å². The first-order valence-electron chi connectivity index (χ1n) is 8.08. The maximum absolute atomic E-state index is 9.24. The molecule has 0 aromatic rings. The van der Waals surface area contributed by atoms with E-state index in [9.17, 15) is 5.26 Å². The van der Waals surface area contributed by atoms with Crippen LogP contribution in [0.15, 0.2) is 0 Å². The van der Waals surface area contributed by atoms with Crippen molar-refractivity contribution in [3.63, 3.8) is 0 Å². The number of hydrogen-bond acceptors (Lipinski definition) is 4. The summed E-state index contributed by atoms with van der Waals surface area (Å²) in [4.78, 5) is 4.85. The molecule has 0 aliphatic carbocycles. The predicted molar refractivity (Wildman–Crippen MR) is 80.5 cm³/mol. The molecule has 2 aliphatic heterocycles. The Morgan fingerprint density at radius 1 is 1.30 bits per heavy atom. The number of ether oxygens (including phenoxy) is 1. The van der Waals surface area contributed by atoms with E-state index in [0.29, 0.717) is 6.10 Å². The molecule has 2 heterocycles. The molecule has 0 spiro atoms. The molecule has 2 atom stereocenters. The summed E-state index contributed by atoms with van der Waals surface area (Å²) in [5, 5.41) is 9.24. The Labute approximate surface area is 123 Å². The maximum atomic E-state index is 9.24. The molecule has 2 rings (SSSR count). The standard InChI is InChI=1S/C16H29N3O/c1-4-5-14(12-17)19-10-8-18(9-11-19)13-15-6-7-16(2,3)20-15/h14-15H,4-11,13H2,1-3H3. The van der Waals surface area contributed by atoms with Gasteiger partial charge in [0.05, 0.1) is 23.8 Å². The van der Waals surface area contributed by atoms with Crippen LogP contribution in [0.25, 0.3) is 0 Å². The van der Waals surface area contributed by atoms with Gasteiger partial charge in [-0.1, -0.05) is 13.3 Å². The fourth-order valence-electron chi connectivity index (χ4n) is 3.35. The van der Waals surface area contributed by atoms with Crippen LogP contribution in [-0.2, 0) is 4.74 Å². The smallest absolute Gasteiger partial charge is 0.0978 e. The van der Waals surface area contributed by atoms with Crippen molar-refractivity contribution in [2.45, 2.75) is 64.2 Å². The summed E-state index contributed by atoms with van der Waals surface area (Å²) in [6, 6.07) is 2.57. The average Bonchev–Trinajstić information content (AvgIpc) is 2.76. The largest absolute Gasteiger partial charge is 0.371 e. The Morgan fingerprint density at radius 3 is 2.50 bits per heavy atom. The quantitative estimate of drug-likeness (QED) is 0.774. The van der Waals surface area contributed by atoms with Gasteiger partial charge >= 0.3 is 0 Å². The number of nitrogens with zero attached hydrogens (tertiary/aromatic N) is 3. The Morgan fingerprint density at radius 2 is 2.00 bits per heavy atom. The lowest BCUT2D eigenvalue weighted by Gasteiger charge is -2.37. The number of nitriles is 1. The highest BCUT2D eigenvalue weighted by Crippen LogP contribution is 2.29. The van der Waals surface area contributed by atoms with Gasteiger partial charge in [0, 0.05) is 32.7 Å². The van der Waals surface area contributed by atoms with Gasteiger partial charge in [-0.05, 0) is 33.1 Å². The molecule has 0 saturated carbocycles. The fraction of sp³-hybridized carbons (Fsp3) is 0.938. The van der Waals surface area contributed by atoms with E-state index in [1.165, 1.54) is 12.8 Å². The third-order valence-corrected chi connectivity index (χ3v) is 4.57. The zero-order chi connectivity index (χ0) is 14.6. The zero-order valence-corrected chi connectivity index (χ0v) is 13.3. The van der Waals surface area contributed by atoms with E-state index in [2.05, 4.69) is 36.6 Å². The monoisotopic (exact) mass is 279 g/mol. The molecule has 0 N–H and O–H groups in total. The van der Waals surface area contributed by atoms with E-state index in [4.69, 9.17) is 4.74 Å². The Balaban J connectivity index is 1.73. The van der Waals surface area contributed by atoms with Crippen LogP contribution in [0, 0.1) is 11.3 Å². The maximum Gasteiger partial charge on any atom is 0.0978 e. The van der Waals surface area contributed by atoms with Crippen molar-refractivity contribution in [2.75, 3.05) is 32.7 Å². The van der Waals surface area contributed by atoms with Crippen LogP contribution in [0.4, 0.5) is 0 Å². The van der Waals surface area contributed by atoms with Crippen molar-refractivity contribution in [2.24, 2.45) is 0 Å². The minimum atomic E-state index is 0.0690. The Hall–Kier alpha value is -0.630. The molecule has 2 aliphatic rings. The second-order valence-electron chi connectivity index (χ2n) is 6.81. The van der Waals surface area contributed by atoms with Crippen molar-refractivity contribution < 1.29 is 4.74 Å². The summed E-state index contributed by atoms with van der Waals surface area (Å²) in [5.74, 6) is 0.